The van der Waals surface area contributed by atoms with E-state index in [1.54, 1.807) is 20.2 Å². The first-order chi connectivity index (χ1) is 13.2. The number of rotatable bonds is 7. The predicted molar refractivity (Wildman–Crippen MR) is 121 cm³/mol. The lowest BCUT2D eigenvalue weighted by molar-refractivity contribution is -0.123. The Labute approximate surface area is 180 Å². The largest absolute Gasteiger partial charge is 0.370 e. The van der Waals surface area contributed by atoms with Crippen LogP contribution in [0.5, 0.6) is 0 Å². The lowest BCUT2D eigenvalue weighted by Crippen LogP contribution is -2.21. The first-order valence-corrected chi connectivity index (χ1v) is 9.41. The number of nitrogens with one attached hydrogen (secondary N) is 1. The Kier molecular flexibility index (Phi) is 9.30. The van der Waals surface area contributed by atoms with Gasteiger partial charge in [0.2, 0.25) is 11.8 Å². The van der Waals surface area contributed by atoms with E-state index >= 15 is 0 Å². The van der Waals surface area contributed by atoms with Crippen molar-refractivity contribution in [1.29, 1.82) is 0 Å². The second kappa shape index (κ2) is 11.2. The lowest BCUT2D eigenvalue weighted by Gasteiger charge is -2.05. The molecule has 2 aromatic rings. The molecule has 0 aliphatic rings. The van der Waals surface area contributed by atoms with Crippen molar-refractivity contribution in [1.82, 2.24) is 9.88 Å². The summed E-state index contributed by atoms with van der Waals surface area (Å²) in [6.45, 7) is 1.43. The maximum absolute atomic E-state index is 11.8. The van der Waals surface area contributed by atoms with Crippen LogP contribution < -0.4 is 16.8 Å². The highest BCUT2D eigenvalue weighted by Crippen LogP contribution is 2.26. The lowest BCUT2D eigenvalue weighted by atomic mass is 10.1. The van der Waals surface area contributed by atoms with Gasteiger partial charge in [0, 0.05) is 27.1 Å². The Morgan fingerprint density at radius 3 is 2.41 bits per heavy atom. The molecule has 8 nitrogen and oxygen atoms in total. The summed E-state index contributed by atoms with van der Waals surface area (Å²) in [4.78, 5) is 34.0. The molecule has 10 heteroatoms. The van der Waals surface area contributed by atoms with E-state index in [2.05, 4.69) is 15.3 Å². The number of nitrogens with zero attached hydrogens (tertiary/aromatic N) is 3. The monoisotopic (exact) mass is 436 g/mol. The molecule has 1 aromatic carbocycles. The molecule has 2 rings (SSSR count). The number of carbonyl (C=O) groups is 2. The third-order valence-electron chi connectivity index (χ3n) is 3.67. The molecule has 0 fully saturated rings. The minimum Gasteiger partial charge on any atom is -0.370 e. The molecule has 0 unspecified atom stereocenters. The van der Waals surface area contributed by atoms with Gasteiger partial charge in [-0.25, -0.2) is 9.98 Å². The first-order valence-electron chi connectivity index (χ1n) is 8.60. The number of nitrogens with two attached hydrogens (primary N) is 2. The summed E-state index contributed by atoms with van der Waals surface area (Å²) < 4.78 is 0. The first kappa shape index (κ1) is 24.1. The smallest absolute Gasteiger partial charge is 0.246 e. The Morgan fingerprint density at radius 2 is 1.86 bits per heavy atom. The standard InChI is InChI=1S/C19H24N6O2S.ClH/c1-12(26)22-19-24-15(16(28-19)10-11-17(27)25(2)3)9-6-13-4-7-14(8-5-13)23-18(20)21;/h4-5,7-8,10-11H,6,9H2,1-3H3,(H4,20,21,23)(H,22,24,26);1H/b11-10+;. The van der Waals surface area contributed by atoms with Crippen molar-refractivity contribution < 1.29 is 9.59 Å². The summed E-state index contributed by atoms with van der Waals surface area (Å²) >= 11 is 1.34. The second-order valence-electron chi connectivity index (χ2n) is 6.28. The number of aliphatic imine (C=N–C) groups is 1. The number of benzene rings is 1. The Hall–Kier alpha value is -2.91. The number of guanidine groups is 1. The van der Waals surface area contributed by atoms with Gasteiger partial charge in [-0.05, 0) is 36.6 Å². The van der Waals surface area contributed by atoms with E-state index in [0.717, 1.165) is 22.6 Å². The third kappa shape index (κ3) is 7.92. The van der Waals surface area contributed by atoms with E-state index in [-0.39, 0.29) is 30.2 Å². The maximum Gasteiger partial charge on any atom is 0.246 e. The zero-order valence-electron chi connectivity index (χ0n) is 16.5. The van der Waals surface area contributed by atoms with Crippen LogP contribution in [-0.2, 0) is 22.4 Å². The van der Waals surface area contributed by atoms with Crippen molar-refractivity contribution in [2.75, 3.05) is 19.4 Å². The van der Waals surface area contributed by atoms with Crippen LogP contribution in [0.15, 0.2) is 35.3 Å². The molecule has 5 N–H and O–H groups in total. The summed E-state index contributed by atoms with van der Waals surface area (Å²) in [6.07, 6.45) is 4.64. The molecule has 0 aliphatic heterocycles. The highest BCUT2D eigenvalue weighted by atomic mass is 35.5. The third-order valence-corrected chi connectivity index (χ3v) is 4.65. The summed E-state index contributed by atoms with van der Waals surface area (Å²) in [5.41, 5.74) is 13.4. The predicted octanol–water partition coefficient (Wildman–Crippen LogP) is 2.31. The average Bonchev–Trinajstić information content (AvgIpc) is 2.99. The van der Waals surface area contributed by atoms with Crippen molar-refractivity contribution in [3.63, 3.8) is 0 Å². The zero-order valence-corrected chi connectivity index (χ0v) is 18.1. The van der Waals surface area contributed by atoms with E-state index in [0.29, 0.717) is 17.2 Å². The van der Waals surface area contributed by atoms with E-state index < -0.39 is 0 Å². The van der Waals surface area contributed by atoms with Gasteiger partial charge in [-0.2, -0.15) is 0 Å². The normalized spacial score (nSPS) is 10.3. The minimum absolute atomic E-state index is 0. The van der Waals surface area contributed by atoms with E-state index in [4.69, 9.17) is 11.5 Å². The Bertz CT molecular complexity index is 902. The Balaban J connectivity index is 0.00000420. The van der Waals surface area contributed by atoms with E-state index in [1.807, 2.05) is 24.3 Å². The van der Waals surface area contributed by atoms with Crippen LogP contribution in [0.25, 0.3) is 6.08 Å². The highest BCUT2D eigenvalue weighted by molar-refractivity contribution is 7.16. The number of hydrogen-bond donors (Lipinski definition) is 3. The highest BCUT2D eigenvalue weighted by Gasteiger charge is 2.11. The fraction of sp³-hybridized carbons (Fsp3) is 0.263. The molecule has 0 saturated heterocycles. The zero-order chi connectivity index (χ0) is 20.7. The molecule has 1 heterocycles. The molecular weight excluding hydrogens is 412 g/mol. The van der Waals surface area contributed by atoms with Crippen molar-refractivity contribution in [2.45, 2.75) is 19.8 Å². The average molecular weight is 437 g/mol. The van der Waals surface area contributed by atoms with Crippen molar-refractivity contribution >= 4 is 58.4 Å². The minimum atomic E-state index is -0.185. The molecule has 0 bridgehead atoms. The molecule has 0 radical (unpaired) electrons. The molecular formula is C19H25ClN6O2S. The van der Waals surface area contributed by atoms with Crippen LogP contribution >= 0.6 is 23.7 Å². The SMILES string of the molecule is CC(=O)Nc1nc(CCc2ccc(N=C(N)N)cc2)c(/C=C/C(=O)N(C)C)s1.Cl. The number of likely N-dealkylation sites (N-methyl/N-ethyl adjacent to an activating group) is 1. The van der Waals surface area contributed by atoms with Gasteiger partial charge in [0.25, 0.3) is 0 Å². The summed E-state index contributed by atoms with van der Waals surface area (Å²) in [5, 5.41) is 3.22. The Morgan fingerprint density at radius 1 is 1.21 bits per heavy atom. The fourth-order valence-electron chi connectivity index (χ4n) is 2.32. The number of aromatic nitrogens is 1. The summed E-state index contributed by atoms with van der Waals surface area (Å²) in [7, 11) is 3.38. The van der Waals surface area contributed by atoms with Crippen LogP contribution in [0.1, 0.15) is 23.1 Å². The quantitative estimate of drug-likeness (QED) is 0.348. The van der Waals surface area contributed by atoms with E-state index in [1.165, 1.54) is 29.2 Å². The van der Waals surface area contributed by atoms with Gasteiger partial charge in [0.1, 0.15) is 0 Å². The topological polar surface area (TPSA) is 127 Å². The number of amides is 2. The summed E-state index contributed by atoms with van der Waals surface area (Å²) in [5.74, 6) is -0.282. The fourth-order valence-corrected chi connectivity index (χ4v) is 3.28. The van der Waals surface area contributed by atoms with Gasteiger partial charge in [-0.15, -0.1) is 12.4 Å². The molecule has 29 heavy (non-hydrogen) atoms. The van der Waals surface area contributed by atoms with Gasteiger partial charge in [0.05, 0.1) is 16.3 Å². The van der Waals surface area contributed by atoms with Crippen LogP contribution in [0, 0.1) is 0 Å². The summed E-state index contributed by atoms with van der Waals surface area (Å²) in [6, 6.07) is 7.59. The van der Waals surface area contributed by atoms with Gasteiger partial charge >= 0.3 is 0 Å². The number of carbonyl (C=O) groups excluding carboxylic acids is 2. The maximum atomic E-state index is 11.8. The molecule has 1 aromatic heterocycles. The number of anilines is 1. The number of halogens is 1. The van der Waals surface area contributed by atoms with Crippen molar-refractivity contribution in [2.24, 2.45) is 16.5 Å². The molecule has 0 spiro atoms. The van der Waals surface area contributed by atoms with Crippen molar-refractivity contribution in [3.05, 3.63) is 46.5 Å². The van der Waals surface area contributed by atoms with Crippen LogP contribution in [0.4, 0.5) is 10.8 Å². The van der Waals surface area contributed by atoms with E-state index in [9.17, 15) is 9.59 Å². The number of hydrogen-bond acceptors (Lipinski definition) is 5. The van der Waals surface area contributed by atoms with Gasteiger partial charge in [-0.3, -0.25) is 9.59 Å². The van der Waals surface area contributed by atoms with Crippen LogP contribution in [0.3, 0.4) is 0 Å². The molecule has 2 amide bonds. The van der Waals surface area contributed by atoms with Gasteiger partial charge in [0.15, 0.2) is 11.1 Å². The number of thiazole rings is 1. The van der Waals surface area contributed by atoms with Gasteiger partial charge < -0.3 is 21.7 Å². The molecule has 0 aliphatic carbocycles. The van der Waals surface area contributed by atoms with Gasteiger partial charge in [-0.1, -0.05) is 23.5 Å². The molecule has 0 saturated carbocycles. The molecule has 156 valence electrons. The second-order valence-corrected chi connectivity index (χ2v) is 7.31. The van der Waals surface area contributed by atoms with Crippen LogP contribution in [-0.4, -0.2) is 41.8 Å². The van der Waals surface area contributed by atoms with Crippen LogP contribution in [0.2, 0.25) is 0 Å². The molecule has 0 atom stereocenters. The number of aryl methyl sites for hydroxylation is 2. The van der Waals surface area contributed by atoms with Crippen molar-refractivity contribution in [3.8, 4) is 0 Å².